The van der Waals surface area contributed by atoms with E-state index in [1.54, 1.807) is 6.92 Å². The summed E-state index contributed by atoms with van der Waals surface area (Å²) in [6.45, 7) is 2.72. The number of rotatable bonds is 15. The molecule has 2 atom stereocenters. The molecule has 2 unspecified atom stereocenters. The van der Waals surface area contributed by atoms with Crippen LogP contribution in [0.25, 0.3) is 0 Å². The molecule has 0 aliphatic carbocycles. The minimum Gasteiger partial charge on any atom is -0.464 e. The van der Waals surface area contributed by atoms with Crippen LogP contribution in [0.3, 0.4) is 0 Å². The van der Waals surface area contributed by atoms with Crippen LogP contribution in [0.15, 0.2) is 0 Å². The van der Waals surface area contributed by atoms with E-state index < -0.39 is 17.3 Å². The zero-order chi connectivity index (χ0) is 16.8. The minimum atomic E-state index is -0.804. The minimum absolute atomic E-state index is 0.0180. The lowest BCUT2D eigenvalue weighted by molar-refractivity contribution is -0.768. The lowest BCUT2D eigenvalue weighted by atomic mass is 10.0. The van der Waals surface area contributed by atoms with Crippen molar-refractivity contribution in [3.05, 3.63) is 10.1 Å². The lowest BCUT2D eigenvalue weighted by Crippen LogP contribution is -2.19. The first-order valence-corrected chi connectivity index (χ1v) is 7.65. The van der Waals surface area contributed by atoms with Crippen molar-refractivity contribution in [2.45, 2.75) is 70.5 Å². The van der Waals surface area contributed by atoms with Crippen LogP contribution in [0.2, 0.25) is 0 Å². The van der Waals surface area contributed by atoms with Gasteiger partial charge in [-0.25, -0.2) is 0 Å². The summed E-state index contributed by atoms with van der Waals surface area (Å²) in [5.74, 6) is -0.0180. The number of carbonyl (C=O) groups excluding carboxylic acids is 2. The molecule has 0 spiro atoms. The molecule has 8 nitrogen and oxygen atoms in total. The van der Waals surface area contributed by atoms with Crippen LogP contribution < -0.4 is 5.73 Å². The SMILES string of the molecule is CCC(CCCC(=O)CC(CCCCN)OC=O)O[N+](=O)[O-]. The summed E-state index contributed by atoms with van der Waals surface area (Å²) in [4.78, 5) is 37.1. The normalized spacial score (nSPS) is 13.2. The fraction of sp³-hybridized carbons (Fsp3) is 0.857. The Kier molecular flexibility index (Phi) is 12.0. The third-order valence-corrected chi connectivity index (χ3v) is 3.36. The topological polar surface area (TPSA) is 122 Å². The van der Waals surface area contributed by atoms with Gasteiger partial charge >= 0.3 is 0 Å². The Morgan fingerprint density at radius 1 is 1.27 bits per heavy atom. The van der Waals surface area contributed by atoms with E-state index >= 15 is 0 Å². The predicted molar refractivity (Wildman–Crippen MR) is 79.5 cm³/mol. The number of Topliss-reactive ketones (excluding diaryl/α,β-unsaturated/α-hetero) is 1. The van der Waals surface area contributed by atoms with Gasteiger partial charge in [-0.2, -0.15) is 0 Å². The number of ether oxygens (including phenoxy) is 1. The average Bonchev–Trinajstić information content (AvgIpc) is 2.46. The number of hydrogen-bond acceptors (Lipinski definition) is 7. The van der Waals surface area contributed by atoms with Gasteiger partial charge in [0.2, 0.25) is 0 Å². The van der Waals surface area contributed by atoms with Crippen molar-refractivity contribution in [3.8, 4) is 0 Å². The molecule has 8 heteroatoms. The molecule has 0 amide bonds. The molecule has 0 aliphatic heterocycles. The molecule has 0 aromatic heterocycles. The zero-order valence-electron chi connectivity index (χ0n) is 13.1. The molecule has 0 fully saturated rings. The molecule has 0 radical (unpaired) electrons. The molecular weight excluding hydrogens is 292 g/mol. The van der Waals surface area contributed by atoms with Gasteiger partial charge < -0.3 is 15.3 Å². The van der Waals surface area contributed by atoms with E-state index in [1.165, 1.54) is 0 Å². The fourth-order valence-corrected chi connectivity index (χ4v) is 2.15. The van der Waals surface area contributed by atoms with E-state index in [4.69, 9.17) is 10.5 Å². The van der Waals surface area contributed by atoms with E-state index in [-0.39, 0.29) is 12.2 Å². The maximum Gasteiger partial charge on any atom is 0.294 e. The van der Waals surface area contributed by atoms with Gasteiger partial charge in [-0.15, -0.1) is 10.1 Å². The summed E-state index contributed by atoms with van der Waals surface area (Å²) in [6, 6.07) is 0. The summed E-state index contributed by atoms with van der Waals surface area (Å²) >= 11 is 0. The molecule has 128 valence electrons. The Morgan fingerprint density at radius 2 is 1.95 bits per heavy atom. The first-order chi connectivity index (χ1) is 10.5. The van der Waals surface area contributed by atoms with Gasteiger partial charge in [0.15, 0.2) is 0 Å². The van der Waals surface area contributed by atoms with Gasteiger partial charge in [-0.3, -0.25) is 9.59 Å². The van der Waals surface area contributed by atoms with Crippen LogP contribution in [-0.4, -0.2) is 36.1 Å². The van der Waals surface area contributed by atoms with E-state index in [0.29, 0.717) is 45.1 Å². The van der Waals surface area contributed by atoms with Crippen LogP contribution in [0.4, 0.5) is 0 Å². The highest BCUT2D eigenvalue weighted by Gasteiger charge is 2.16. The highest BCUT2D eigenvalue weighted by atomic mass is 17.0. The molecule has 22 heavy (non-hydrogen) atoms. The summed E-state index contributed by atoms with van der Waals surface area (Å²) in [5, 5.41) is 9.46. The molecule has 0 saturated heterocycles. The Bertz CT molecular complexity index is 337. The zero-order valence-corrected chi connectivity index (χ0v) is 13.1. The monoisotopic (exact) mass is 318 g/mol. The number of nitrogens with two attached hydrogens (primary N) is 1. The van der Waals surface area contributed by atoms with Crippen LogP contribution in [0.1, 0.15) is 58.3 Å². The smallest absolute Gasteiger partial charge is 0.294 e. The van der Waals surface area contributed by atoms with E-state index in [2.05, 4.69) is 4.84 Å². The van der Waals surface area contributed by atoms with Gasteiger partial charge in [0.05, 0.1) is 0 Å². The van der Waals surface area contributed by atoms with Gasteiger partial charge in [0, 0.05) is 12.8 Å². The second-order valence-electron chi connectivity index (χ2n) is 5.13. The van der Waals surface area contributed by atoms with Gasteiger partial charge in [0.1, 0.15) is 18.0 Å². The molecule has 0 heterocycles. The standard InChI is InChI=1S/C14H26N2O6/c1-2-13(22-16(19)20)8-5-6-12(18)10-14(21-11-17)7-3-4-9-15/h11,13-14H,2-10,15H2,1H3. The van der Waals surface area contributed by atoms with Crippen molar-refractivity contribution in [2.24, 2.45) is 5.73 Å². The second kappa shape index (κ2) is 13.0. The summed E-state index contributed by atoms with van der Waals surface area (Å²) in [6.07, 6.45) is 3.32. The molecule has 0 aliphatic rings. The van der Waals surface area contributed by atoms with Crippen LogP contribution in [0.5, 0.6) is 0 Å². The van der Waals surface area contributed by atoms with Gasteiger partial charge in [-0.1, -0.05) is 6.92 Å². The third-order valence-electron chi connectivity index (χ3n) is 3.36. The molecule has 0 rings (SSSR count). The molecule has 0 bridgehead atoms. The molecule has 0 aromatic carbocycles. The molecule has 2 N–H and O–H groups in total. The third kappa shape index (κ3) is 11.0. The summed E-state index contributed by atoms with van der Waals surface area (Å²) in [5.41, 5.74) is 5.39. The Hall–Kier alpha value is -1.70. The van der Waals surface area contributed by atoms with Crippen molar-refractivity contribution >= 4 is 12.3 Å². The maximum atomic E-state index is 11.9. The quantitative estimate of drug-likeness (QED) is 0.211. The number of nitrogens with zero attached hydrogens (tertiary/aromatic N) is 1. The molecule has 0 saturated carbocycles. The van der Waals surface area contributed by atoms with Crippen molar-refractivity contribution in [1.29, 1.82) is 0 Å². The molecular formula is C14H26N2O6. The predicted octanol–water partition coefficient (Wildman–Crippen LogP) is 1.77. The van der Waals surface area contributed by atoms with Crippen LogP contribution in [-0.2, 0) is 19.2 Å². The number of hydrogen-bond donors (Lipinski definition) is 1. The Balaban J connectivity index is 4.01. The van der Waals surface area contributed by atoms with Gasteiger partial charge in [0.25, 0.3) is 11.6 Å². The lowest BCUT2D eigenvalue weighted by Gasteiger charge is -2.15. The highest BCUT2D eigenvalue weighted by molar-refractivity contribution is 5.78. The van der Waals surface area contributed by atoms with Crippen molar-refractivity contribution in [2.75, 3.05) is 6.54 Å². The summed E-state index contributed by atoms with van der Waals surface area (Å²) in [7, 11) is 0. The Morgan fingerprint density at radius 3 is 2.50 bits per heavy atom. The largest absolute Gasteiger partial charge is 0.464 e. The molecule has 0 aromatic rings. The van der Waals surface area contributed by atoms with Crippen LogP contribution >= 0.6 is 0 Å². The van der Waals surface area contributed by atoms with Crippen molar-refractivity contribution < 1.29 is 24.3 Å². The van der Waals surface area contributed by atoms with E-state index in [9.17, 15) is 19.7 Å². The van der Waals surface area contributed by atoms with E-state index in [1.807, 2.05) is 0 Å². The van der Waals surface area contributed by atoms with Gasteiger partial charge in [-0.05, 0) is 45.1 Å². The van der Waals surface area contributed by atoms with E-state index in [0.717, 1.165) is 12.8 Å². The van der Waals surface area contributed by atoms with Crippen LogP contribution in [0, 0.1) is 10.1 Å². The highest BCUT2D eigenvalue weighted by Crippen LogP contribution is 2.13. The fourth-order valence-electron chi connectivity index (χ4n) is 2.15. The summed E-state index contributed by atoms with van der Waals surface area (Å²) < 4.78 is 4.90. The number of carbonyl (C=O) groups is 2. The first-order valence-electron chi connectivity index (χ1n) is 7.65. The van der Waals surface area contributed by atoms with Crippen molar-refractivity contribution in [1.82, 2.24) is 0 Å². The maximum absolute atomic E-state index is 11.9. The second-order valence-corrected chi connectivity index (χ2v) is 5.13. The average molecular weight is 318 g/mol. The first kappa shape index (κ1) is 20.3. The van der Waals surface area contributed by atoms with Crippen molar-refractivity contribution in [3.63, 3.8) is 0 Å². The number of unbranched alkanes of at least 4 members (excludes halogenated alkanes) is 1. The number of ketones is 1. The Labute approximate surface area is 130 Å².